The Morgan fingerprint density at radius 1 is 1.09 bits per heavy atom. The Morgan fingerprint density at radius 3 is 2.69 bits per heavy atom. The number of carbonyl (C=O) groups is 1. The molecule has 1 aromatic carbocycles. The van der Waals surface area contributed by atoms with Gasteiger partial charge in [-0.3, -0.25) is 4.79 Å². The first-order valence-electron chi connectivity index (χ1n) is 13.5. The van der Waals surface area contributed by atoms with Crippen LogP contribution in [-0.4, -0.2) is 35.6 Å². The summed E-state index contributed by atoms with van der Waals surface area (Å²) in [6.07, 6.45) is 10.6. The van der Waals surface area contributed by atoms with E-state index in [1.165, 1.54) is 24.2 Å². The number of ether oxygens (including phenoxy) is 1. The standard InChI is InChI=1S/C29H35N3O3/c33-28(29(13-6-1-2-7-14-29)23-9-4-3-5-10-23)34-20-22-17-21-18-32(16-12-24(21)22)19-26-31-27-25(35-26)11-8-15-30-27/h3-5,8-11,15,21-22,24H,1-2,6-7,12-14,16-20H2/p+1/t21?,22-,24?/m1/s1. The minimum atomic E-state index is -0.455. The van der Waals surface area contributed by atoms with Crippen LogP contribution < -0.4 is 4.90 Å². The van der Waals surface area contributed by atoms with Crippen molar-refractivity contribution in [1.29, 1.82) is 0 Å². The molecule has 4 atom stereocenters. The lowest BCUT2D eigenvalue weighted by Crippen LogP contribution is -3.13. The van der Waals surface area contributed by atoms with Crippen LogP contribution in [0.1, 0.15) is 62.8 Å². The van der Waals surface area contributed by atoms with Crippen molar-refractivity contribution in [3.63, 3.8) is 0 Å². The highest BCUT2D eigenvalue weighted by Gasteiger charge is 2.48. The molecule has 6 heteroatoms. The van der Waals surface area contributed by atoms with E-state index in [9.17, 15) is 4.79 Å². The van der Waals surface area contributed by atoms with Crippen LogP contribution >= 0.6 is 0 Å². The normalized spacial score (nSPS) is 28.0. The summed E-state index contributed by atoms with van der Waals surface area (Å²) in [5, 5.41) is 0. The Labute approximate surface area is 207 Å². The predicted molar refractivity (Wildman–Crippen MR) is 133 cm³/mol. The van der Waals surface area contributed by atoms with Crippen molar-refractivity contribution >= 4 is 17.2 Å². The van der Waals surface area contributed by atoms with Crippen LogP contribution in [0.25, 0.3) is 11.2 Å². The number of esters is 1. The molecular weight excluding hydrogens is 438 g/mol. The van der Waals surface area contributed by atoms with Gasteiger partial charge in [0.05, 0.1) is 25.1 Å². The molecule has 3 aromatic rings. The van der Waals surface area contributed by atoms with Crippen LogP contribution in [0.2, 0.25) is 0 Å². The number of piperidine rings is 1. The number of pyridine rings is 1. The van der Waals surface area contributed by atoms with Crippen LogP contribution in [-0.2, 0) is 21.5 Å². The topological polar surface area (TPSA) is 69.7 Å². The molecule has 1 N–H and O–H groups in total. The van der Waals surface area contributed by atoms with Gasteiger partial charge in [-0.15, -0.1) is 0 Å². The summed E-state index contributed by atoms with van der Waals surface area (Å²) in [6, 6.07) is 14.2. The van der Waals surface area contributed by atoms with E-state index in [1.807, 2.05) is 18.2 Å². The number of benzene rings is 1. The fourth-order valence-corrected chi connectivity index (χ4v) is 6.95. The lowest BCUT2D eigenvalue weighted by Gasteiger charge is -2.48. The number of rotatable bonds is 6. The fraction of sp³-hybridized carbons (Fsp3) is 0.552. The molecule has 0 spiro atoms. The van der Waals surface area contributed by atoms with E-state index in [2.05, 4.69) is 34.2 Å². The lowest BCUT2D eigenvalue weighted by atomic mass is 9.62. The van der Waals surface area contributed by atoms with Crippen molar-refractivity contribution in [3.05, 3.63) is 60.1 Å². The van der Waals surface area contributed by atoms with Crippen molar-refractivity contribution in [1.82, 2.24) is 9.97 Å². The maximum atomic E-state index is 13.6. The largest absolute Gasteiger partial charge is 0.465 e. The molecule has 3 heterocycles. The van der Waals surface area contributed by atoms with E-state index in [-0.39, 0.29) is 5.97 Å². The highest BCUT2D eigenvalue weighted by Crippen LogP contribution is 2.44. The molecule has 6 rings (SSSR count). The first-order chi connectivity index (χ1) is 17.2. The molecule has 1 aliphatic heterocycles. The van der Waals surface area contributed by atoms with Gasteiger partial charge in [-0.25, -0.2) is 4.98 Å². The number of hydrogen-bond acceptors (Lipinski definition) is 5. The van der Waals surface area contributed by atoms with E-state index in [0.717, 1.165) is 68.8 Å². The van der Waals surface area contributed by atoms with Gasteiger partial charge >= 0.3 is 5.97 Å². The van der Waals surface area contributed by atoms with Gasteiger partial charge in [-0.1, -0.05) is 56.0 Å². The van der Waals surface area contributed by atoms with Gasteiger partial charge < -0.3 is 14.1 Å². The third-order valence-corrected chi connectivity index (χ3v) is 8.91. The number of nitrogens with one attached hydrogen (secondary N) is 1. The number of aromatic nitrogens is 2. The van der Waals surface area contributed by atoms with Gasteiger partial charge in [0.1, 0.15) is 0 Å². The molecule has 2 aromatic heterocycles. The minimum Gasteiger partial charge on any atom is -0.465 e. The molecule has 3 fully saturated rings. The van der Waals surface area contributed by atoms with Crippen molar-refractivity contribution < 1.29 is 18.8 Å². The average molecular weight is 475 g/mol. The molecular formula is C29H36N3O3+. The third-order valence-electron chi connectivity index (χ3n) is 8.91. The monoisotopic (exact) mass is 474 g/mol. The second-order valence-corrected chi connectivity index (χ2v) is 11.0. The number of quaternary nitrogens is 1. The number of hydrogen-bond donors (Lipinski definition) is 1. The van der Waals surface area contributed by atoms with Crippen molar-refractivity contribution in [2.75, 3.05) is 19.7 Å². The zero-order valence-corrected chi connectivity index (χ0v) is 20.5. The smallest absolute Gasteiger partial charge is 0.316 e. The molecule has 2 aliphatic carbocycles. The van der Waals surface area contributed by atoms with E-state index in [1.54, 1.807) is 6.20 Å². The van der Waals surface area contributed by atoms with E-state index < -0.39 is 5.41 Å². The van der Waals surface area contributed by atoms with Crippen molar-refractivity contribution in [2.24, 2.45) is 17.8 Å². The van der Waals surface area contributed by atoms with Gasteiger partial charge in [0.2, 0.25) is 0 Å². The Hall–Kier alpha value is -2.73. The molecule has 35 heavy (non-hydrogen) atoms. The second-order valence-electron chi connectivity index (χ2n) is 11.0. The number of fused-ring (bicyclic) bond motifs is 2. The molecule has 3 unspecified atom stereocenters. The molecule has 0 bridgehead atoms. The lowest BCUT2D eigenvalue weighted by molar-refractivity contribution is -0.927. The van der Waals surface area contributed by atoms with Crippen LogP contribution in [0.5, 0.6) is 0 Å². The molecule has 6 nitrogen and oxygen atoms in total. The molecule has 184 valence electrons. The van der Waals surface area contributed by atoms with Crippen LogP contribution in [0, 0.1) is 17.8 Å². The molecule has 0 amide bonds. The van der Waals surface area contributed by atoms with Gasteiger partial charge in [-0.05, 0) is 48.8 Å². The molecule has 1 saturated heterocycles. The van der Waals surface area contributed by atoms with Gasteiger partial charge in [0, 0.05) is 18.5 Å². The first-order valence-corrected chi connectivity index (χ1v) is 13.5. The van der Waals surface area contributed by atoms with Crippen LogP contribution in [0.3, 0.4) is 0 Å². The Balaban J connectivity index is 1.04. The summed E-state index contributed by atoms with van der Waals surface area (Å²) in [6.45, 7) is 3.67. The van der Waals surface area contributed by atoms with E-state index in [4.69, 9.17) is 9.15 Å². The molecule has 0 radical (unpaired) electrons. The summed E-state index contributed by atoms with van der Waals surface area (Å²) in [5.41, 5.74) is 2.15. The molecule has 3 aliphatic rings. The Kier molecular flexibility index (Phi) is 6.31. The quantitative estimate of drug-likeness (QED) is 0.430. The van der Waals surface area contributed by atoms with Gasteiger partial charge in [0.25, 0.3) is 5.89 Å². The van der Waals surface area contributed by atoms with E-state index >= 15 is 0 Å². The second kappa shape index (κ2) is 9.73. The van der Waals surface area contributed by atoms with Crippen LogP contribution in [0.15, 0.2) is 53.1 Å². The maximum Gasteiger partial charge on any atom is 0.316 e. The number of carbonyl (C=O) groups excluding carboxylic acids is 1. The summed E-state index contributed by atoms with van der Waals surface area (Å²) in [7, 11) is 0. The summed E-state index contributed by atoms with van der Waals surface area (Å²) in [4.78, 5) is 23.9. The highest BCUT2D eigenvalue weighted by atomic mass is 16.5. The van der Waals surface area contributed by atoms with Crippen molar-refractivity contribution in [3.8, 4) is 0 Å². The molecule has 2 saturated carbocycles. The summed E-state index contributed by atoms with van der Waals surface area (Å²) in [5.74, 6) is 2.70. The van der Waals surface area contributed by atoms with Gasteiger partial charge in [0.15, 0.2) is 17.8 Å². The Morgan fingerprint density at radius 2 is 1.91 bits per heavy atom. The predicted octanol–water partition coefficient (Wildman–Crippen LogP) is 4.10. The van der Waals surface area contributed by atoms with E-state index in [0.29, 0.717) is 30.0 Å². The van der Waals surface area contributed by atoms with Gasteiger partial charge in [-0.2, -0.15) is 4.98 Å². The fourth-order valence-electron chi connectivity index (χ4n) is 6.95. The zero-order chi connectivity index (χ0) is 23.7. The SMILES string of the molecule is O=C(OC[C@H]1CC2C[NH+](Cc3nc4ncccc4o3)CCC21)C1(c2ccccc2)CCCCCC1. The maximum absolute atomic E-state index is 13.6. The zero-order valence-electron chi connectivity index (χ0n) is 20.5. The average Bonchev–Trinajstić information content (AvgIpc) is 3.11. The summed E-state index contributed by atoms with van der Waals surface area (Å²) >= 11 is 0. The number of nitrogens with zero attached hydrogens (tertiary/aromatic N) is 2. The third kappa shape index (κ3) is 4.49. The Bertz CT molecular complexity index is 1120. The minimum absolute atomic E-state index is 0.0154. The summed E-state index contributed by atoms with van der Waals surface area (Å²) < 4.78 is 12.0. The number of likely N-dealkylation sites (tertiary alicyclic amines) is 1. The number of oxazole rings is 1. The van der Waals surface area contributed by atoms with Crippen LogP contribution in [0.4, 0.5) is 0 Å². The first kappa shape index (κ1) is 22.7. The van der Waals surface area contributed by atoms with Crippen molar-refractivity contribution in [2.45, 2.75) is 63.3 Å². The highest BCUT2D eigenvalue weighted by molar-refractivity contribution is 5.83.